The standard InChI is InChI=1S/C12H16N4/c1-16-6-4-10(9-16)8-15-11-3-2-5-14-12(11)7-13/h2-3,5,10,15H,4,6,8-9H2,1H3. The maximum absolute atomic E-state index is 8.89. The number of pyridine rings is 1. The first-order valence-corrected chi connectivity index (χ1v) is 5.57. The van der Waals surface area contributed by atoms with Crippen molar-refractivity contribution in [2.45, 2.75) is 6.42 Å². The lowest BCUT2D eigenvalue weighted by Crippen LogP contribution is -2.19. The molecule has 4 nitrogen and oxygen atoms in total. The molecule has 1 aliphatic rings. The zero-order chi connectivity index (χ0) is 11.4. The highest BCUT2D eigenvalue weighted by Gasteiger charge is 2.19. The Bertz CT molecular complexity index is 396. The predicted molar refractivity (Wildman–Crippen MR) is 63.0 cm³/mol. The zero-order valence-corrected chi connectivity index (χ0v) is 9.48. The summed E-state index contributed by atoms with van der Waals surface area (Å²) in [5.41, 5.74) is 1.33. The Morgan fingerprint density at radius 3 is 3.25 bits per heavy atom. The second kappa shape index (κ2) is 4.95. The van der Waals surface area contributed by atoms with E-state index in [2.05, 4.69) is 28.3 Å². The van der Waals surface area contributed by atoms with E-state index in [1.165, 1.54) is 13.0 Å². The molecule has 1 fully saturated rings. The second-order valence-corrected chi connectivity index (χ2v) is 4.31. The summed E-state index contributed by atoms with van der Waals surface area (Å²) in [6.07, 6.45) is 2.87. The number of nitriles is 1. The van der Waals surface area contributed by atoms with E-state index in [9.17, 15) is 0 Å². The van der Waals surface area contributed by atoms with Gasteiger partial charge in [-0.3, -0.25) is 0 Å². The van der Waals surface area contributed by atoms with Gasteiger partial charge in [-0.25, -0.2) is 4.98 Å². The lowest BCUT2D eigenvalue weighted by molar-refractivity contribution is 0.399. The molecule has 1 atom stereocenters. The lowest BCUT2D eigenvalue weighted by Gasteiger charge is -2.12. The van der Waals surface area contributed by atoms with Crippen LogP contribution in [-0.2, 0) is 0 Å². The molecule has 4 heteroatoms. The summed E-state index contributed by atoms with van der Waals surface area (Å²) in [5, 5.41) is 12.2. The lowest BCUT2D eigenvalue weighted by atomic mass is 10.1. The topological polar surface area (TPSA) is 52.0 Å². The van der Waals surface area contributed by atoms with Crippen LogP contribution in [0.3, 0.4) is 0 Å². The van der Waals surface area contributed by atoms with Crippen LogP contribution >= 0.6 is 0 Å². The maximum atomic E-state index is 8.89. The smallest absolute Gasteiger partial charge is 0.163 e. The van der Waals surface area contributed by atoms with Crippen molar-refractivity contribution in [2.24, 2.45) is 5.92 Å². The molecule has 1 unspecified atom stereocenters. The molecule has 0 aromatic carbocycles. The average Bonchev–Trinajstić information content (AvgIpc) is 2.73. The third-order valence-electron chi connectivity index (χ3n) is 2.98. The first-order valence-electron chi connectivity index (χ1n) is 5.57. The Hall–Kier alpha value is -1.60. The molecular weight excluding hydrogens is 200 g/mol. The van der Waals surface area contributed by atoms with Crippen LogP contribution in [0.25, 0.3) is 0 Å². The fraction of sp³-hybridized carbons (Fsp3) is 0.500. The van der Waals surface area contributed by atoms with Gasteiger partial charge in [0.15, 0.2) is 5.69 Å². The summed E-state index contributed by atoms with van der Waals surface area (Å²) in [6.45, 7) is 3.23. The van der Waals surface area contributed by atoms with Crippen molar-refractivity contribution in [1.82, 2.24) is 9.88 Å². The Labute approximate surface area is 95.9 Å². The third kappa shape index (κ3) is 2.50. The molecule has 2 heterocycles. The number of likely N-dealkylation sites (tertiary alicyclic amines) is 1. The fourth-order valence-corrected chi connectivity index (χ4v) is 2.08. The molecule has 1 aromatic heterocycles. The fourth-order valence-electron chi connectivity index (χ4n) is 2.08. The van der Waals surface area contributed by atoms with Crippen LogP contribution in [0.5, 0.6) is 0 Å². The molecule has 2 rings (SSSR count). The highest BCUT2D eigenvalue weighted by atomic mass is 15.1. The molecule has 0 saturated carbocycles. The Morgan fingerprint density at radius 1 is 1.69 bits per heavy atom. The van der Waals surface area contributed by atoms with Crippen molar-refractivity contribution < 1.29 is 0 Å². The predicted octanol–water partition coefficient (Wildman–Crippen LogP) is 1.32. The van der Waals surface area contributed by atoms with E-state index < -0.39 is 0 Å². The molecule has 0 radical (unpaired) electrons. The van der Waals surface area contributed by atoms with E-state index in [0.29, 0.717) is 11.6 Å². The Kier molecular flexibility index (Phi) is 3.37. The second-order valence-electron chi connectivity index (χ2n) is 4.31. The van der Waals surface area contributed by atoms with Crippen LogP contribution in [0.4, 0.5) is 5.69 Å². The first-order chi connectivity index (χ1) is 7.79. The van der Waals surface area contributed by atoms with E-state index in [1.54, 1.807) is 6.20 Å². The molecule has 1 N–H and O–H groups in total. The number of hydrogen-bond donors (Lipinski definition) is 1. The van der Waals surface area contributed by atoms with E-state index >= 15 is 0 Å². The molecule has 16 heavy (non-hydrogen) atoms. The van der Waals surface area contributed by atoms with Crippen LogP contribution in [0.15, 0.2) is 18.3 Å². The molecule has 0 spiro atoms. The van der Waals surface area contributed by atoms with Crippen LogP contribution in [0.2, 0.25) is 0 Å². The molecule has 1 saturated heterocycles. The van der Waals surface area contributed by atoms with Crippen molar-refractivity contribution >= 4 is 5.69 Å². The molecule has 0 bridgehead atoms. The van der Waals surface area contributed by atoms with E-state index in [4.69, 9.17) is 5.26 Å². The highest BCUT2D eigenvalue weighted by Crippen LogP contribution is 2.16. The SMILES string of the molecule is CN1CCC(CNc2cccnc2C#N)C1. The summed E-state index contributed by atoms with van der Waals surface area (Å²) in [7, 11) is 2.14. The van der Waals surface area contributed by atoms with Crippen LogP contribution in [0.1, 0.15) is 12.1 Å². The highest BCUT2D eigenvalue weighted by molar-refractivity contribution is 5.53. The van der Waals surface area contributed by atoms with Crippen LogP contribution in [0, 0.1) is 17.2 Å². The summed E-state index contributed by atoms with van der Waals surface area (Å²) >= 11 is 0. The average molecular weight is 216 g/mol. The Morgan fingerprint density at radius 2 is 2.56 bits per heavy atom. The van der Waals surface area contributed by atoms with Gasteiger partial charge >= 0.3 is 0 Å². The summed E-state index contributed by atoms with van der Waals surface area (Å²) in [6, 6.07) is 5.85. The van der Waals surface area contributed by atoms with E-state index in [1.807, 2.05) is 12.1 Å². The van der Waals surface area contributed by atoms with Gasteiger partial charge in [-0.1, -0.05) is 0 Å². The minimum Gasteiger partial charge on any atom is -0.382 e. The normalized spacial score (nSPS) is 20.6. The summed E-state index contributed by atoms with van der Waals surface area (Å²) < 4.78 is 0. The number of hydrogen-bond acceptors (Lipinski definition) is 4. The van der Waals surface area contributed by atoms with Crippen molar-refractivity contribution in [3.8, 4) is 6.07 Å². The zero-order valence-electron chi connectivity index (χ0n) is 9.48. The summed E-state index contributed by atoms with van der Waals surface area (Å²) in [5.74, 6) is 0.678. The number of nitrogens with one attached hydrogen (secondary N) is 1. The molecule has 1 aliphatic heterocycles. The molecule has 0 aliphatic carbocycles. The van der Waals surface area contributed by atoms with Crippen molar-refractivity contribution in [3.63, 3.8) is 0 Å². The Balaban J connectivity index is 1.92. The minimum absolute atomic E-state index is 0.480. The first kappa shape index (κ1) is 10.9. The van der Waals surface area contributed by atoms with Gasteiger partial charge in [-0.15, -0.1) is 0 Å². The summed E-state index contributed by atoms with van der Waals surface area (Å²) in [4.78, 5) is 6.36. The van der Waals surface area contributed by atoms with Crippen LogP contribution in [-0.4, -0.2) is 36.6 Å². The van der Waals surface area contributed by atoms with Gasteiger partial charge in [0, 0.05) is 19.3 Å². The van der Waals surface area contributed by atoms with Gasteiger partial charge in [-0.05, 0) is 38.1 Å². The number of rotatable bonds is 3. The third-order valence-corrected chi connectivity index (χ3v) is 2.98. The van der Waals surface area contributed by atoms with Crippen molar-refractivity contribution in [1.29, 1.82) is 5.26 Å². The maximum Gasteiger partial charge on any atom is 0.163 e. The van der Waals surface area contributed by atoms with Gasteiger partial charge in [0.25, 0.3) is 0 Å². The monoisotopic (exact) mass is 216 g/mol. The van der Waals surface area contributed by atoms with Crippen molar-refractivity contribution in [2.75, 3.05) is 32.0 Å². The van der Waals surface area contributed by atoms with Gasteiger partial charge in [0.1, 0.15) is 6.07 Å². The number of nitrogens with zero attached hydrogens (tertiary/aromatic N) is 3. The molecule has 84 valence electrons. The van der Waals surface area contributed by atoms with Gasteiger partial charge in [0.2, 0.25) is 0 Å². The van der Waals surface area contributed by atoms with Gasteiger partial charge in [0.05, 0.1) is 5.69 Å². The molecule has 1 aromatic rings. The largest absolute Gasteiger partial charge is 0.382 e. The number of anilines is 1. The minimum atomic E-state index is 0.480. The van der Waals surface area contributed by atoms with Gasteiger partial charge in [-0.2, -0.15) is 5.26 Å². The quantitative estimate of drug-likeness (QED) is 0.828. The van der Waals surface area contributed by atoms with E-state index in [0.717, 1.165) is 18.8 Å². The molecular formula is C12H16N4. The van der Waals surface area contributed by atoms with Crippen molar-refractivity contribution in [3.05, 3.63) is 24.0 Å². The van der Waals surface area contributed by atoms with Crippen LogP contribution < -0.4 is 5.32 Å². The molecule has 0 amide bonds. The van der Waals surface area contributed by atoms with E-state index in [-0.39, 0.29) is 0 Å². The number of aromatic nitrogens is 1. The van der Waals surface area contributed by atoms with Gasteiger partial charge < -0.3 is 10.2 Å².